The summed E-state index contributed by atoms with van der Waals surface area (Å²) >= 11 is 1.32. The molecule has 2 amide bonds. The molecule has 10 heteroatoms. The molecule has 8 nitrogen and oxygen atoms in total. The number of benzene rings is 2. The lowest BCUT2D eigenvalue weighted by Gasteiger charge is -2.33. The van der Waals surface area contributed by atoms with E-state index in [9.17, 15) is 18.0 Å². The van der Waals surface area contributed by atoms with Crippen LogP contribution in [0.2, 0.25) is 0 Å². The predicted octanol–water partition coefficient (Wildman–Crippen LogP) is 3.84. The fourth-order valence-electron chi connectivity index (χ4n) is 4.39. The lowest BCUT2D eigenvalue weighted by Crippen LogP contribution is -2.49. The Bertz CT molecular complexity index is 1370. The Kier molecular flexibility index (Phi) is 7.07. The standard InChI is InChI=1S/C25H28N4O4S2/c1-16-12-17(2)23(18(3)13-16)22-15-34-25(26-22)27-24(31)20-6-5-7-21(14-20)35(32,33)29-10-8-28(9-11-29)19(4)30/h5-7,12-15H,8-11H2,1-4H3,(H,26,27,31). The van der Waals surface area contributed by atoms with Crippen LogP contribution in [0.1, 0.15) is 34.0 Å². The van der Waals surface area contributed by atoms with Gasteiger partial charge in [-0.05, 0) is 50.1 Å². The number of aromatic nitrogens is 1. The Morgan fingerprint density at radius 3 is 2.29 bits per heavy atom. The summed E-state index contributed by atoms with van der Waals surface area (Å²) in [5, 5.41) is 5.14. The normalized spacial score (nSPS) is 14.7. The minimum absolute atomic E-state index is 0.0483. The fourth-order valence-corrected chi connectivity index (χ4v) is 6.55. The first-order chi connectivity index (χ1) is 16.6. The summed E-state index contributed by atoms with van der Waals surface area (Å²) in [6.45, 7) is 8.74. The van der Waals surface area contributed by atoms with Crippen LogP contribution >= 0.6 is 11.3 Å². The number of amides is 2. The molecule has 1 N–H and O–H groups in total. The molecular formula is C25H28N4O4S2. The number of anilines is 1. The zero-order chi connectivity index (χ0) is 25.3. The number of nitrogens with zero attached hydrogens (tertiary/aromatic N) is 3. The van der Waals surface area contributed by atoms with E-state index in [2.05, 4.69) is 29.4 Å². The van der Waals surface area contributed by atoms with Crippen molar-refractivity contribution in [3.8, 4) is 11.3 Å². The molecule has 1 aliphatic heterocycles. The van der Waals surface area contributed by atoms with Gasteiger partial charge in [0.25, 0.3) is 5.91 Å². The molecule has 35 heavy (non-hydrogen) atoms. The molecule has 1 aliphatic rings. The van der Waals surface area contributed by atoms with E-state index >= 15 is 0 Å². The molecule has 0 saturated carbocycles. The number of thiazole rings is 1. The quantitative estimate of drug-likeness (QED) is 0.560. The summed E-state index contributed by atoms with van der Waals surface area (Å²) in [5.41, 5.74) is 5.49. The number of carbonyl (C=O) groups excluding carboxylic acids is 2. The summed E-state index contributed by atoms with van der Waals surface area (Å²) in [5.74, 6) is -0.500. The third-order valence-electron chi connectivity index (χ3n) is 6.08. The van der Waals surface area contributed by atoms with Crippen molar-refractivity contribution in [3.63, 3.8) is 0 Å². The van der Waals surface area contributed by atoms with Crippen LogP contribution in [0.3, 0.4) is 0 Å². The van der Waals surface area contributed by atoms with Crippen LogP contribution in [-0.2, 0) is 14.8 Å². The minimum atomic E-state index is -3.78. The molecule has 1 fully saturated rings. The van der Waals surface area contributed by atoms with Crippen molar-refractivity contribution in [2.75, 3.05) is 31.5 Å². The molecule has 2 heterocycles. The highest BCUT2D eigenvalue weighted by molar-refractivity contribution is 7.89. The maximum atomic E-state index is 13.1. The molecule has 4 rings (SSSR count). The Morgan fingerprint density at radius 2 is 1.66 bits per heavy atom. The van der Waals surface area contributed by atoms with Crippen LogP contribution in [0.25, 0.3) is 11.3 Å². The van der Waals surface area contributed by atoms with Crippen LogP contribution in [0, 0.1) is 20.8 Å². The Labute approximate surface area is 209 Å². The molecule has 2 aromatic carbocycles. The third-order valence-corrected chi connectivity index (χ3v) is 8.73. The van der Waals surface area contributed by atoms with Crippen molar-refractivity contribution < 1.29 is 18.0 Å². The zero-order valence-electron chi connectivity index (χ0n) is 20.2. The van der Waals surface area contributed by atoms with Gasteiger partial charge >= 0.3 is 0 Å². The summed E-state index contributed by atoms with van der Waals surface area (Å²) in [6, 6.07) is 10.2. The van der Waals surface area contributed by atoms with Gasteiger partial charge in [0.15, 0.2) is 5.13 Å². The minimum Gasteiger partial charge on any atom is -0.340 e. The molecule has 0 radical (unpaired) electrons. The third kappa shape index (κ3) is 5.29. The fraction of sp³-hybridized carbons (Fsp3) is 0.320. The summed E-state index contributed by atoms with van der Waals surface area (Å²) in [7, 11) is -3.78. The lowest BCUT2D eigenvalue weighted by atomic mass is 9.98. The second-order valence-electron chi connectivity index (χ2n) is 8.70. The first kappa shape index (κ1) is 25.0. The van der Waals surface area contributed by atoms with Crippen LogP contribution < -0.4 is 5.32 Å². The van der Waals surface area contributed by atoms with Gasteiger partial charge in [-0.3, -0.25) is 14.9 Å². The molecule has 0 bridgehead atoms. The molecule has 3 aromatic rings. The SMILES string of the molecule is CC(=O)N1CCN(S(=O)(=O)c2cccc(C(=O)Nc3nc(-c4c(C)cc(C)cc4C)cs3)c2)CC1. The monoisotopic (exact) mass is 512 g/mol. The average Bonchev–Trinajstić information content (AvgIpc) is 3.26. The van der Waals surface area contributed by atoms with E-state index in [1.165, 1.54) is 40.3 Å². The second-order valence-corrected chi connectivity index (χ2v) is 11.5. The molecule has 0 atom stereocenters. The Balaban J connectivity index is 1.50. The highest BCUT2D eigenvalue weighted by Gasteiger charge is 2.29. The molecule has 184 valence electrons. The Hall–Kier alpha value is -3.08. The number of piperazine rings is 1. The molecule has 1 aromatic heterocycles. The number of hydrogen-bond acceptors (Lipinski definition) is 6. The Morgan fingerprint density at radius 1 is 1.00 bits per heavy atom. The summed E-state index contributed by atoms with van der Waals surface area (Å²) in [4.78, 5) is 30.7. The van der Waals surface area contributed by atoms with Crippen LogP contribution in [0.15, 0.2) is 46.7 Å². The lowest BCUT2D eigenvalue weighted by molar-refractivity contribution is -0.129. The van der Waals surface area contributed by atoms with Gasteiger partial charge in [-0.1, -0.05) is 23.8 Å². The number of aryl methyl sites for hydroxylation is 3. The number of rotatable bonds is 5. The molecule has 0 aliphatic carbocycles. The molecule has 0 unspecified atom stereocenters. The van der Waals surface area contributed by atoms with Gasteiger partial charge < -0.3 is 4.90 Å². The van der Waals surface area contributed by atoms with E-state index in [4.69, 9.17) is 0 Å². The van der Waals surface area contributed by atoms with Crippen molar-refractivity contribution in [3.05, 3.63) is 64.0 Å². The van der Waals surface area contributed by atoms with E-state index in [0.29, 0.717) is 18.2 Å². The highest BCUT2D eigenvalue weighted by Crippen LogP contribution is 2.31. The molecular weight excluding hydrogens is 484 g/mol. The van der Waals surface area contributed by atoms with Gasteiger partial charge in [0.05, 0.1) is 10.6 Å². The van der Waals surface area contributed by atoms with Gasteiger partial charge in [0.2, 0.25) is 15.9 Å². The smallest absolute Gasteiger partial charge is 0.257 e. The van der Waals surface area contributed by atoms with E-state index in [1.807, 2.05) is 19.2 Å². The number of sulfonamides is 1. The number of hydrogen-bond donors (Lipinski definition) is 1. The van der Waals surface area contributed by atoms with Crippen LogP contribution in [-0.4, -0.2) is 60.6 Å². The maximum Gasteiger partial charge on any atom is 0.257 e. The predicted molar refractivity (Wildman–Crippen MR) is 137 cm³/mol. The van der Waals surface area contributed by atoms with Crippen molar-refractivity contribution in [1.29, 1.82) is 0 Å². The highest BCUT2D eigenvalue weighted by atomic mass is 32.2. The summed E-state index contributed by atoms with van der Waals surface area (Å²) in [6.07, 6.45) is 0. The number of nitrogens with one attached hydrogen (secondary N) is 1. The molecule has 1 saturated heterocycles. The van der Waals surface area contributed by atoms with Crippen LogP contribution in [0.4, 0.5) is 5.13 Å². The van der Waals surface area contributed by atoms with E-state index < -0.39 is 15.9 Å². The first-order valence-electron chi connectivity index (χ1n) is 11.3. The summed E-state index contributed by atoms with van der Waals surface area (Å²) < 4.78 is 27.6. The van der Waals surface area contributed by atoms with Crippen molar-refractivity contribution >= 4 is 38.3 Å². The number of carbonyl (C=O) groups is 2. The van der Waals surface area contributed by atoms with Gasteiger partial charge in [-0.25, -0.2) is 13.4 Å². The van der Waals surface area contributed by atoms with Gasteiger partial charge in [-0.15, -0.1) is 11.3 Å². The average molecular weight is 513 g/mol. The van der Waals surface area contributed by atoms with Crippen molar-refractivity contribution in [2.24, 2.45) is 0 Å². The topological polar surface area (TPSA) is 99.7 Å². The van der Waals surface area contributed by atoms with Gasteiger partial charge in [0, 0.05) is 49.6 Å². The zero-order valence-corrected chi connectivity index (χ0v) is 21.8. The van der Waals surface area contributed by atoms with Crippen LogP contribution in [0.5, 0.6) is 0 Å². The van der Waals surface area contributed by atoms with Crippen molar-refractivity contribution in [1.82, 2.24) is 14.2 Å². The van der Waals surface area contributed by atoms with Gasteiger partial charge in [-0.2, -0.15) is 4.31 Å². The van der Waals surface area contributed by atoms with E-state index in [1.54, 1.807) is 17.0 Å². The van der Waals surface area contributed by atoms with Gasteiger partial charge in [0.1, 0.15) is 0 Å². The largest absolute Gasteiger partial charge is 0.340 e. The van der Waals surface area contributed by atoms with E-state index in [0.717, 1.165) is 22.4 Å². The molecule has 0 spiro atoms. The van der Waals surface area contributed by atoms with E-state index in [-0.39, 0.29) is 29.5 Å². The first-order valence-corrected chi connectivity index (χ1v) is 13.6. The van der Waals surface area contributed by atoms with Crippen molar-refractivity contribution in [2.45, 2.75) is 32.6 Å². The second kappa shape index (κ2) is 9.88. The maximum absolute atomic E-state index is 13.1.